The standard InChI is InChI=1S/C17H22N4O3S2/c1-11-15(25-17(18-11)20-7-3-4-8-20)16(22)19-12-9-13-5-6-14(10-12)21(13)26(2,23)24/h3-4,7-8,12-14H,5-6,9-10H2,1-2H3,(H,19,22). The summed E-state index contributed by atoms with van der Waals surface area (Å²) < 4.78 is 27.5. The molecule has 2 saturated heterocycles. The van der Waals surface area contributed by atoms with Crippen molar-refractivity contribution in [3.8, 4) is 5.13 Å². The third-order valence-electron chi connectivity index (χ3n) is 5.20. The number of carbonyl (C=O) groups excluding carboxylic acids is 1. The van der Waals surface area contributed by atoms with Crippen molar-refractivity contribution in [2.75, 3.05) is 6.26 Å². The summed E-state index contributed by atoms with van der Waals surface area (Å²) in [5, 5.41) is 3.88. The molecule has 2 aromatic heterocycles. The summed E-state index contributed by atoms with van der Waals surface area (Å²) >= 11 is 1.37. The predicted molar refractivity (Wildman–Crippen MR) is 100 cm³/mol. The Morgan fingerprint density at radius 1 is 1.23 bits per heavy atom. The molecule has 2 fully saturated rings. The van der Waals surface area contributed by atoms with E-state index in [-0.39, 0.29) is 24.0 Å². The van der Waals surface area contributed by atoms with Crippen LogP contribution in [-0.4, -0.2) is 52.6 Å². The lowest BCUT2D eigenvalue weighted by atomic mass is 9.99. The molecule has 1 N–H and O–H groups in total. The van der Waals surface area contributed by atoms with Crippen molar-refractivity contribution < 1.29 is 13.2 Å². The van der Waals surface area contributed by atoms with Gasteiger partial charge in [-0.25, -0.2) is 13.4 Å². The highest BCUT2D eigenvalue weighted by molar-refractivity contribution is 7.88. The molecule has 2 aromatic rings. The molecule has 140 valence electrons. The minimum absolute atomic E-state index is 0.00652. The van der Waals surface area contributed by atoms with Crippen molar-refractivity contribution in [3.05, 3.63) is 35.1 Å². The van der Waals surface area contributed by atoms with E-state index in [0.29, 0.717) is 23.4 Å². The molecule has 0 radical (unpaired) electrons. The second-order valence-corrected chi connectivity index (χ2v) is 9.99. The van der Waals surface area contributed by atoms with Crippen LogP contribution in [0.5, 0.6) is 0 Å². The highest BCUT2D eigenvalue weighted by atomic mass is 32.2. The zero-order chi connectivity index (χ0) is 18.5. The molecule has 0 saturated carbocycles. The molecule has 4 heterocycles. The second-order valence-electron chi connectivity index (χ2n) is 7.12. The lowest BCUT2D eigenvalue weighted by Crippen LogP contribution is -2.52. The van der Waals surface area contributed by atoms with E-state index in [1.165, 1.54) is 17.6 Å². The summed E-state index contributed by atoms with van der Waals surface area (Å²) in [5.41, 5.74) is 0.716. The average molecular weight is 395 g/mol. The number of piperidine rings is 1. The molecule has 2 aliphatic heterocycles. The van der Waals surface area contributed by atoms with Crippen LogP contribution in [0.2, 0.25) is 0 Å². The van der Waals surface area contributed by atoms with Gasteiger partial charge in [-0.3, -0.25) is 4.79 Å². The molecule has 0 aromatic carbocycles. The Labute approximate surface area is 157 Å². The molecule has 2 atom stereocenters. The molecule has 7 nitrogen and oxygen atoms in total. The Balaban J connectivity index is 1.47. The second kappa shape index (κ2) is 6.47. The van der Waals surface area contributed by atoms with Crippen LogP contribution in [0.3, 0.4) is 0 Å². The lowest BCUT2D eigenvalue weighted by Gasteiger charge is -2.37. The first-order valence-electron chi connectivity index (χ1n) is 8.73. The number of sulfonamides is 1. The van der Waals surface area contributed by atoms with Gasteiger partial charge in [-0.15, -0.1) is 0 Å². The monoisotopic (exact) mass is 394 g/mol. The maximum atomic E-state index is 12.7. The molecule has 2 aliphatic rings. The molecule has 0 aliphatic carbocycles. The van der Waals surface area contributed by atoms with Gasteiger partial charge in [0.15, 0.2) is 5.13 Å². The lowest BCUT2D eigenvalue weighted by molar-refractivity contribution is 0.0913. The van der Waals surface area contributed by atoms with Crippen molar-refractivity contribution in [2.24, 2.45) is 0 Å². The number of fused-ring (bicyclic) bond motifs is 2. The summed E-state index contributed by atoms with van der Waals surface area (Å²) in [6.07, 6.45) is 8.19. The number of amides is 1. The molecule has 2 unspecified atom stereocenters. The van der Waals surface area contributed by atoms with E-state index in [9.17, 15) is 13.2 Å². The SMILES string of the molecule is Cc1nc(-n2cccc2)sc1C(=O)NC1CC2CCC(C1)N2S(C)(=O)=O. The van der Waals surface area contributed by atoms with Crippen LogP contribution in [0.4, 0.5) is 0 Å². The molecule has 0 spiro atoms. The van der Waals surface area contributed by atoms with E-state index >= 15 is 0 Å². The zero-order valence-electron chi connectivity index (χ0n) is 14.8. The number of aryl methyl sites for hydroxylation is 1. The van der Waals surface area contributed by atoms with Gasteiger partial charge in [0.1, 0.15) is 4.88 Å². The fraction of sp³-hybridized carbons (Fsp3) is 0.529. The van der Waals surface area contributed by atoms with E-state index in [4.69, 9.17) is 0 Å². The number of nitrogens with zero attached hydrogens (tertiary/aromatic N) is 3. The van der Waals surface area contributed by atoms with Crippen LogP contribution in [0, 0.1) is 6.92 Å². The van der Waals surface area contributed by atoms with E-state index < -0.39 is 10.0 Å². The maximum Gasteiger partial charge on any atom is 0.263 e. The summed E-state index contributed by atoms with van der Waals surface area (Å²) in [7, 11) is -3.18. The van der Waals surface area contributed by atoms with Crippen LogP contribution >= 0.6 is 11.3 Å². The van der Waals surface area contributed by atoms with Gasteiger partial charge in [-0.2, -0.15) is 4.31 Å². The van der Waals surface area contributed by atoms with Crippen molar-refractivity contribution in [1.29, 1.82) is 0 Å². The number of thiazole rings is 1. The third-order valence-corrected chi connectivity index (χ3v) is 7.73. The summed E-state index contributed by atoms with van der Waals surface area (Å²) in [6, 6.07) is 3.86. The minimum atomic E-state index is -3.18. The Morgan fingerprint density at radius 3 is 2.42 bits per heavy atom. The van der Waals surface area contributed by atoms with Crippen LogP contribution < -0.4 is 5.32 Å². The average Bonchev–Trinajstić information content (AvgIpc) is 3.25. The van der Waals surface area contributed by atoms with Gasteiger partial charge in [0, 0.05) is 30.5 Å². The van der Waals surface area contributed by atoms with Crippen LogP contribution in [0.1, 0.15) is 41.0 Å². The first-order valence-corrected chi connectivity index (χ1v) is 11.4. The summed E-state index contributed by atoms with van der Waals surface area (Å²) in [6.45, 7) is 1.84. The fourth-order valence-corrected chi connectivity index (χ4v) is 6.61. The van der Waals surface area contributed by atoms with Gasteiger partial charge in [0.25, 0.3) is 5.91 Å². The molecule has 2 bridgehead atoms. The Bertz CT molecular complexity index is 906. The number of hydrogen-bond acceptors (Lipinski definition) is 5. The normalized spacial score (nSPS) is 26.2. The smallest absolute Gasteiger partial charge is 0.263 e. The van der Waals surface area contributed by atoms with Crippen molar-refractivity contribution in [2.45, 2.75) is 50.7 Å². The Hall–Kier alpha value is -1.71. The zero-order valence-corrected chi connectivity index (χ0v) is 16.4. The van der Waals surface area contributed by atoms with Gasteiger partial charge in [-0.1, -0.05) is 11.3 Å². The van der Waals surface area contributed by atoms with E-state index in [1.54, 1.807) is 4.31 Å². The molecular formula is C17H22N4O3S2. The Kier molecular flexibility index (Phi) is 4.40. The molecule has 1 amide bonds. The van der Waals surface area contributed by atoms with Crippen molar-refractivity contribution in [1.82, 2.24) is 19.2 Å². The molecular weight excluding hydrogens is 372 g/mol. The highest BCUT2D eigenvalue weighted by Gasteiger charge is 2.45. The quantitative estimate of drug-likeness (QED) is 0.859. The fourth-order valence-electron chi connectivity index (χ4n) is 4.21. The number of rotatable bonds is 4. The van der Waals surface area contributed by atoms with Gasteiger partial charge < -0.3 is 9.88 Å². The number of carbonyl (C=O) groups is 1. The largest absolute Gasteiger partial charge is 0.348 e. The Morgan fingerprint density at radius 2 is 1.85 bits per heavy atom. The van der Waals surface area contributed by atoms with E-state index in [0.717, 1.165) is 18.0 Å². The molecule has 26 heavy (non-hydrogen) atoms. The first-order chi connectivity index (χ1) is 12.3. The van der Waals surface area contributed by atoms with Crippen LogP contribution in [-0.2, 0) is 10.0 Å². The van der Waals surface area contributed by atoms with Gasteiger partial charge in [0.05, 0.1) is 11.9 Å². The van der Waals surface area contributed by atoms with Crippen molar-refractivity contribution in [3.63, 3.8) is 0 Å². The topological polar surface area (TPSA) is 84.3 Å². The van der Waals surface area contributed by atoms with E-state index in [2.05, 4.69) is 10.3 Å². The highest BCUT2D eigenvalue weighted by Crippen LogP contribution is 2.37. The summed E-state index contributed by atoms with van der Waals surface area (Å²) in [5.74, 6) is -0.115. The maximum absolute atomic E-state index is 12.7. The number of aromatic nitrogens is 2. The third kappa shape index (κ3) is 3.19. The van der Waals surface area contributed by atoms with E-state index in [1.807, 2.05) is 36.0 Å². The van der Waals surface area contributed by atoms with Gasteiger partial charge in [0.2, 0.25) is 10.0 Å². The minimum Gasteiger partial charge on any atom is -0.348 e. The first kappa shape index (κ1) is 17.7. The number of nitrogens with one attached hydrogen (secondary N) is 1. The van der Waals surface area contributed by atoms with Gasteiger partial charge in [-0.05, 0) is 44.7 Å². The van der Waals surface area contributed by atoms with Gasteiger partial charge >= 0.3 is 0 Å². The van der Waals surface area contributed by atoms with Crippen molar-refractivity contribution >= 4 is 27.3 Å². The summed E-state index contributed by atoms with van der Waals surface area (Å²) in [4.78, 5) is 17.9. The predicted octanol–water partition coefficient (Wildman–Crippen LogP) is 1.93. The number of hydrogen-bond donors (Lipinski definition) is 1. The molecule has 4 rings (SSSR count). The van der Waals surface area contributed by atoms with Crippen LogP contribution in [0.15, 0.2) is 24.5 Å². The molecule has 9 heteroatoms. The van der Waals surface area contributed by atoms with Crippen LogP contribution in [0.25, 0.3) is 5.13 Å².